The second kappa shape index (κ2) is 5.45. The molecule has 0 aliphatic carbocycles. The quantitative estimate of drug-likeness (QED) is 0.765. The van der Waals surface area contributed by atoms with Crippen LogP contribution in [0.25, 0.3) is 0 Å². The molecule has 0 atom stereocenters. The van der Waals surface area contributed by atoms with E-state index in [1.54, 1.807) is 12.1 Å². The van der Waals surface area contributed by atoms with Crippen LogP contribution in [0.2, 0.25) is 0 Å². The van der Waals surface area contributed by atoms with Gasteiger partial charge in [-0.3, -0.25) is 4.79 Å². The van der Waals surface area contributed by atoms with Crippen LogP contribution in [0, 0.1) is 6.92 Å². The van der Waals surface area contributed by atoms with Crippen molar-refractivity contribution in [1.29, 1.82) is 0 Å². The van der Waals surface area contributed by atoms with Gasteiger partial charge in [0.25, 0.3) is 0 Å². The third-order valence-corrected chi connectivity index (χ3v) is 2.65. The Balaban J connectivity index is 2.22. The number of aryl methyl sites for hydroxylation is 1. The van der Waals surface area contributed by atoms with Crippen molar-refractivity contribution in [3.8, 4) is 11.6 Å². The Hall–Kier alpha value is -2.16. The molecule has 3 heteroatoms. The monoisotopic (exact) mass is 241 g/mol. The van der Waals surface area contributed by atoms with Gasteiger partial charge >= 0.3 is 0 Å². The zero-order valence-corrected chi connectivity index (χ0v) is 10.5. The average molecular weight is 241 g/mol. The minimum atomic E-state index is 0.103. The van der Waals surface area contributed by atoms with Gasteiger partial charge in [0.05, 0.1) is 5.69 Å². The molecule has 0 radical (unpaired) electrons. The maximum Gasteiger partial charge on any atom is 0.219 e. The Kier molecular flexibility index (Phi) is 3.72. The van der Waals surface area contributed by atoms with Gasteiger partial charge in [0.2, 0.25) is 5.88 Å². The van der Waals surface area contributed by atoms with Crippen LogP contribution < -0.4 is 4.74 Å². The van der Waals surface area contributed by atoms with Gasteiger partial charge < -0.3 is 4.74 Å². The minimum absolute atomic E-state index is 0.103. The number of rotatable bonds is 4. The molecule has 1 aromatic heterocycles. The van der Waals surface area contributed by atoms with E-state index in [4.69, 9.17) is 4.74 Å². The standard InChI is InChI=1S/C15H15NO2/c1-3-14(17)13-9-10-15(16-11(13)2)18-12-7-5-4-6-8-12/h4-10H,3H2,1-2H3. The van der Waals surface area contributed by atoms with Gasteiger partial charge in [-0.15, -0.1) is 0 Å². The van der Waals surface area contributed by atoms with Crippen molar-refractivity contribution in [1.82, 2.24) is 4.98 Å². The molecule has 0 unspecified atom stereocenters. The van der Waals surface area contributed by atoms with E-state index in [0.717, 1.165) is 5.75 Å². The van der Waals surface area contributed by atoms with Crippen LogP contribution in [-0.2, 0) is 0 Å². The van der Waals surface area contributed by atoms with Gasteiger partial charge in [-0.1, -0.05) is 25.1 Å². The van der Waals surface area contributed by atoms with Gasteiger partial charge in [0, 0.05) is 18.1 Å². The fourth-order valence-electron chi connectivity index (χ4n) is 1.69. The normalized spacial score (nSPS) is 10.1. The summed E-state index contributed by atoms with van der Waals surface area (Å²) in [5.74, 6) is 1.34. The zero-order chi connectivity index (χ0) is 13.0. The summed E-state index contributed by atoms with van der Waals surface area (Å²) >= 11 is 0. The lowest BCUT2D eigenvalue weighted by molar-refractivity contribution is 0.0987. The van der Waals surface area contributed by atoms with Crippen LogP contribution in [0.5, 0.6) is 11.6 Å². The Morgan fingerprint density at radius 3 is 2.50 bits per heavy atom. The molecule has 0 aliphatic heterocycles. The Morgan fingerprint density at radius 2 is 1.89 bits per heavy atom. The minimum Gasteiger partial charge on any atom is -0.439 e. The van der Waals surface area contributed by atoms with Gasteiger partial charge in [-0.25, -0.2) is 4.98 Å². The SMILES string of the molecule is CCC(=O)c1ccc(Oc2ccccc2)nc1C. The Morgan fingerprint density at radius 1 is 1.17 bits per heavy atom. The van der Waals surface area contributed by atoms with E-state index in [-0.39, 0.29) is 5.78 Å². The van der Waals surface area contributed by atoms with Crippen molar-refractivity contribution >= 4 is 5.78 Å². The fraction of sp³-hybridized carbons (Fsp3) is 0.200. The molecule has 18 heavy (non-hydrogen) atoms. The van der Waals surface area contributed by atoms with Crippen molar-refractivity contribution in [2.45, 2.75) is 20.3 Å². The largest absolute Gasteiger partial charge is 0.439 e. The molecule has 0 spiro atoms. The Bertz CT molecular complexity index is 550. The van der Waals surface area contributed by atoms with E-state index in [1.165, 1.54) is 0 Å². The number of Topliss-reactive ketones (excluding diaryl/α,β-unsaturated/α-hetero) is 1. The predicted molar refractivity (Wildman–Crippen MR) is 70.1 cm³/mol. The first-order valence-electron chi connectivity index (χ1n) is 5.94. The lowest BCUT2D eigenvalue weighted by atomic mass is 10.1. The molecule has 2 rings (SSSR count). The molecule has 0 aliphatic rings. The Labute approximate surface area is 106 Å². The van der Waals surface area contributed by atoms with E-state index in [2.05, 4.69) is 4.98 Å². The first-order chi connectivity index (χ1) is 8.70. The second-order valence-corrected chi connectivity index (χ2v) is 3.97. The number of carbonyl (C=O) groups excluding carboxylic acids is 1. The molecule has 3 nitrogen and oxygen atoms in total. The third-order valence-electron chi connectivity index (χ3n) is 2.65. The van der Waals surface area contributed by atoms with Crippen molar-refractivity contribution < 1.29 is 9.53 Å². The number of ketones is 1. The van der Waals surface area contributed by atoms with Crippen LogP contribution in [0.3, 0.4) is 0 Å². The molecular weight excluding hydrogens is 226 g/mol. The number of carbonyl (C=O) groups is 1. The summed E-state index contributed by atoms with van der Waals surface area (Å²) in [4.78, 5) is 15.9. The zero-order valence-electron chi connectivity index (χ0n) is 10.5. The lowest BCUT2D eigenvalue weighted by Gasteiger charge is -2.07. The highest BCUT2D eigenvalue weighted by Crippen LogP contribution is 2.20. The van der Waals surface area contributed by atoms with Crippen molar-refractivity contribution in [2.24, 2.45) is 0 Å². The number of ether oxygens (including phenoxy) is 1. The van der Waals surface area contributed by atoms with Gasteiger partial charge in [-0.2, -0.15) is 0 Å². The van der Waals surface area contributed by atoms with Gasteiger partial charge in [0.15, 0.2) is 5.78 Å². The highest BCUT2D eigenvalue weighted by atomic mass is 16.5. The molecule has 0 N–H and O–H groups in total. The molecular formula is C15H15NO2. The fourth-order valence-corrected chi connectivity index (χ4v) is 1.69. The second-order valence-electron chi connectivity index (χ2n) is 3.97. The molecule has 0 saturated heterocycles. The van der Waals surface area contributed by atoms with E-state index in [9.17, 15) is 4.79 Å². The van der Waals surface area contributed by atoms with Crippen LogP contribution >= 0.6 is 0 Å². The summed E-state index contributed by atoms with van der Waals surface area (Å²) in [5, 5.41) is 0. The van der Waals surface area contributed by atoms with Crippen molar-refractivity contribution in [3.05, 3.63) is 53.7 Å². The molecule has 0 amide bonds. The number of para-hydroxylation sites is 1. The highest BCUT2D eigenvalue weighted by Gasteiger charge is 2.09. The number of benzene rings is 1. The van der Waals surface area contributed by atoms with Crippen molar-refractivity contribution in [2.75, 3.05) is 0 Å². The summed E-state index contributed by atoms with van der Waals surface area (Å²) in [7, 11) is 0. The van der Waals surface area contributed by atoms with Gasteiger partial charge in [-0.05, 0) is 25.1 Å². The predicted octanol–water partition coefficient (Wildman–Crippen LogP) is 3.78. The van der Waals surface area contributed by atoms with E-state index in [1.807, 2.05) is 44.2 Å². The lowest BCUT2D eigenvalue weighted by Crippen LogP contribution is -2.02. The molecule has 1 aromatic carbocycles. The highest BCUT2D eigenvalue weighted by molar-refractivity contribution is 5.96. The summed E-state index contributed by atoms with van der Waals surface area (Å²) in [6, 6.07) is 12.9. The van der Waals surface area contributed by atoms with Crippen LogP contribution in [0.1, 0.15) is 29.4 Å². The van der Waals surface area contributed by atoms with Crippen LogP contribution in [0.15, 0.2) is 42.5 Å². The van der Waals surface area contributed by atoms with Crippen molar-refractivity contribution in [3.63, 3.8) is 0 Å². The summed E-state index contributed by atoms with van der Waals surface area (Å²) in [5.41, 5.74) is 1.37. The summed E-state index contributed by atoms with van der Waals surface area (Å²) in [6.07, 6.45) is 0.488. The molecule has 0 bridgehead atoms. The van der Waals surface area contributed by atoms with E-state index in [0.29, 0.717) is 23.6 Å². The number of pyridine rings is 1. The molecule has 1 heterocycles. The maximum absolute atomic E-state index is 11.6. The summed E-state index contributed by atoms with van der Waals surface area (Å²) in [6.45, 7) is 3.66. The molecule has 0 saturated carbocycles. The van der Waals surface area contributed by atoms with E-state index < -0.39 is 0 Å². The van der Waals surface area contributed by atoms with Gasteiger partial charge in [0.1, 0.15) is 5.75 Å². The number of nitrogens with zero attached hydrogens (tertiary/aromatic N) is 1. The number of hydrogen-bond donors (Lipinski definition) is 0. The summed E-state index contributed by atoms with van der Waals surface area (Å²) < 4.78 is 5.61. The maximum atomic E-state index is 11.6. The molecule has 92 valence electrons. The van der Waals surface area contributed by atoms with Crippen LogP contribution in [0.4, 0.5) is 0 Å². The first-order valence-corrected chi connectivity index (χ1v) is 5.94. The number of hydrogen-bond acceptors (Lipinski definition) is 3. The third kappa shape index (κ3) is 2.74. The average Bonchev–Trinajstić information content (AvgIpc) is 2.39. The molecule has 0 fully saturated rings. The van der Waals surface area contributed by atoms with E-state index >= 15 is 0 Å². The number of aromatic nitrogens is 1. The van der Waals surface area contributed by atoms with Crippen LogP contribution in [-0.4, -0.2) is 10.8 Å². The topological polar surface area (TPSA) is 39.2 Å². The molecule has 2 aromatic rings. The first kappa shape index (κ1) is 12.3. The smallest absolute Gasteiger partial charge is 0.219 e.